The van der Waals surface area contributed by atoms with Crippen LogP contribution in [0.25, 0.3) is 0 Å². The molecule has 7 heteroatoms. The van der Waals surface area contributed by atoms with Gasteiger partial charge in [-0.25, -0.2) is 4.98 Å². The molecule has 2 heterocycles. The van der Waals surface area contributed by atoms with Gasteiger partial charge < -0.3 is 15.5 Å². The van der Waals surface area contributed by atoms with Gasteiger partial charge in [0.1, 0.15) is 0 Å². The van der Waals surface area contributed by atoms with E-state index >= 15 is 0 Å². The second-order valence-corrected chi connectivity index (χ2v) is 5.53. The third kappa shape index (κ3) is 2.33. The zero-order valence-electron chi connectivity index (χ0n) is 10.5. The van der Waals surface area contributed by atoms with Crippen LogP contribution >= 0.6 is 11.3 Å². The van der Waals surface area contributed by atoms with E-state index in [0.29, 0.717) is 5.13 Å². The zero-order valence-corrected chi connectivity index (χ0v) is 11.3. The average molecular weight is 291 g/mol. The highest BCUT2D eigenvalue weighted by molar-refractivity contribution is 7.15. The number of aromatic nitrogens is 1. The fourth-order valence-electron chi connectivity index (χ4n) is 2.06. The van der Waals surface area contributed by atoms with E-state index in [2.05, 4.69) is 15.6 Å². The Hall–Kier alpha value is -2.12. The fraction of sp³-hybridized carbons (Fsp3) is 0.231. The van der Waals surface area contributed by atoms with Gasteiger partial charge in [-0.05, 0) is 12.1 Å². The Labute approximate surface area is 119 Å². The van der Waals surface area contributed by atoms with E-state index < -0.39 is 11.7 Å². The summed E-state index contributed by atoms with van der Waals surface area (Å²) in [5.74, 6) is -1.23. The summed E-state index contributed by atoms with van der Waals surface area (Å²) in [6.45, 7) is 1.65. The molecule has 2 aromatic rings. The number of aromatic hydroxyl groups is 2. The first-order chi connectivity index (χ1) is 9.65. The molecule has 1 aromatic carbocycles. The van der Waals surface area contributed by atoms with Gasteiger partial charge in [0, 0.05) is 24.4 Å². The van der Waals surface area contributed by atoms with Crippen LogP contribution < -0.4 is 10.6 Å². The minimum absolute atomic E-state index is 0.0243. The minimum Gasteiger partial charge on any atom is -0.504 e. The lowest BCUT2D eigenvalue weighted by Crippen LogP contribution is -2.22. The number of fused-ring (bicyclic) bond motifs is 1. The molecule has 0 bridgehead atoms. The summed E-state index contributed by atoms with van der Waals surface area (Å²) in [7, 11) is 0. The van der Waals surface area contributed by atoms with Crippen LogP contribution in [0.3, 0.4) is 0 Å². The Balaban J connectivity index is 1.82. The van der Waals surface area contributed by atoms with Crippen molar-refractivity contribution in [2.24, 2.45) is 0 Å². The number of nitrogens with one attached hydrogen (secondary N) is 2. The molecular weight excluding hydrogens is 278 g/mol. The van der Waals surface area contributed by atoms with Gasteiger partial charge in [0.2, 0.25) is 0 Å². The second-order valence-electron chi connectivity index (χ2n) is 4.44. The van der Waals surface area contributed by atoms with E-state index in [1.165, 1.54) is 29.5 Å². The molecule has 0 aliphatic carbocycles. The first kappa shape index (κ1) is 12.9. The van der Waals surface area contributed by atoms with Crippen molar-refractivity contribution < 1.29 is 15.0 Å². The van der Waals surface area contributed by atoms with Crippen molar-refractivity contribution in [1.29, 1.82) is 0 Å². The van der Waals surface area contributed by atoms with Crippen LogP contribution in [0.2, 0.25) is 0 Å². The van der Waals surface area contributed by atoms with Crippen LogP contribution in [-0.2, 0) is 13.0 Å². The summed E-state index contributed by atoms with van der Waals surface area (Å²) in [5.41, 5.74) is 1.03. The number of carbonyl (C=O) groups excluding carboxylic acids is 1. The lowest BCUT2D eigenvalue weighted by atomic mass is 10.2. The molecule has 6 nitrogen and oxygen atoms in total. The third-order valence-corrected chi connectivity index (χ3v) is 4.10. The molecule has 0 saturated carbocycles. The second kappa shape index (κ2) is 5.10. The van der Waals surface area contributed by atoms with Crippen LogP contribution in [0.1, 0.15) is 20.9 Å². The Morgan fingerprint density at radius 1 is 1.40 bits per heavy atom. The molecule has 0 spiro atoms. The van der Waals surface area contributed by atoms with E-state index in [9.17, 15) is 15.0 Å². The van der Waals surface area contributed by atoms with E-state index in [-0.39, 0.29) is 11.3 Å². The molecule has 0 radical (unpaired) electrons. The number of carbonyl (C=O) groups is 1. The van der Waals surface area contributed by atoms with Crippen molar-refractivity contribution in [2.45, 2.75) is 13.0 Å². The van der Waals surface area contributed by atoms with E-state index in [0.717, 1.165) is 30.1 Å². The van der Waals surface area contributed by atoms with Crippen LogP contribution in [-0.4, -0.2) is 27.6 Å². The molecule has 1 aliphatic heterocycles. The van der Waals surface area contributed by atoms with Crippen molar-refractivity contribution in [1.82, 2.24) is 10.3 Å². The van der Waals surface area contributed by atoms with Crippen LogP contribution in [0.15, 0.2) is 18.2 Å². The number of thiazole rings is 1. The Kier molecular flexibility index (Phi) is 3.29. The van der Waals surface area contributed by atoms with Crippen molar-refractivity contribution in [3.63, 3.8) is 0 Å². The van der Waals surface area contributed by atoms with Crippen molar-refractivity contribution in [3.8, 4) is 11.5 Å². The number of benzene rings is 1. The molecule has 20 heavy (non-hydrogen) atoms. The van der Waals surface area contributed by atoms with Gasteiger partial charge in [-0.3, -0.25) is 10.1 Å². The first-order valence-corrected chi connectivity index (χ1v) is 6.98. The van der Waals surface area contributed by atoms with Gasteiger partial charge >= 0.3 is 0 Å². The summed E-state index contributed by atoms with van der Waals surface area (Å²) in [5, 5.41) is 25.5. The minimum atomic E-state index is -0.488. The van der Waals surface area contributed by atoms with Crippen LogP contribution in [0.4, 0.5) is 5.13 Å². The number of hydrogen-bond donors (Lipinski definition) is 4. The Morgan fingerprint density at radius 3 is 3.05 bits per heavy atom. The van der Waals surface area contributed by atoms with Crippen molar-refractivity contribution in [2.75, 3.05) is 11.9 Å². The molecule has 1 amide bonds. The standard InChI is InChI=1S/C13H13N3O3S/c17-9-3-1-2-7(11(9)18)12(19)16-13-15-8-4-5-14-6-10(8)20-13/h1-3,14,17-18H,4-6H2,(H,15,16,19). The molecule has 1 aromatic heterocycles. The van der Waals surface area contributed by atoms with Crippen molar-refractivity contribution >= 4 is 22.4 Å². The highest BCUT2D eigenvalue weighted by atomic mass is 32.1. The number of hydrogen-bond acceptors (Lipinski definition) is 6. The zero-order chi connectivity index (χ0) is 14.1. The van der Waals surface area contributed by atoms with Gasteiger partial charge in [0.05, 0.1) is 11.3 Å². The molecule has 0 atom stereocenters. The molecule has 0 fully saturated rings. The fourth-order valence-corrected chi connectivity index (χ4v) is 3.03. The summed E-state index contributed by atoms with van der Waals surface area (Å²) >= 11 is 1.42. The SMILES string of the molecule is O=C(Nc1nc2c(s1)CNCC2)c1cccc(O)c1O. The van der Waals surface area contributed by atoms with Gasteiger partial charge in [-0.15, -0.1) is 11.3 Å². The maximum Gasteiger partial charge on any atom is 0.261 e. The molecule has 1 aliphatic rings. The summed E-state index contributed by atoms with van der Waals surface area (Å²) < 4.78 is 0. The predicted molar refractivity (Wildman–Crippen MR) is 75.2 cm³/mol. The van der Waals surface area contributed by atoms with Gasteiger partial charge in [-0.2, -0.15) is 0 Å². The van der Waals surface area contributed by atoms with E-state index in [1.807, 2.05) is 0 Å². The van der Waals surface area contributed by atoms with Crippen molar-refractivity contribution in [3.05, 3.63) is 34.3 Å². The number of phenolic OH excluding ortho intramolecular Hbond substituents is 2. The molecule has 0 unspecified atom stereocenters. The number of para-hydroxylation sites is 1. The van der Waals surface area contributed by atoms with Gasteiger partial charge in [-0.1, -0.05) is 6.07 Å². The van der Waals surface area contributed by atoms with Gasteiger partial charge in [0.25, 0.3) is 5.91 Å². The largest absolute Gasteiger partial charge is 0.504 e. The third-order valence-electron chi connectivity index (χ3n) is 3.08. The lowest BCUT2D eigenvalue weighted by molar-refractivity contribution is 0.102. The number of rotatable bonds is 2. The summed E-state index contributed by atoms with van der Waals surface area (Å²) in [6.07, 6.45) is 0.846. The number of nitrogens with zero attached hydrogens (tertiary/aromatic N) is 1. The molecule has 4 N–H and O–H groups in total. The lowest BCUT2D eigenvalue weighted by Gasteiger charge is -2.09. The maximum atomic E-state index is 12.1. The van der Waals surface area contributed by atoms with E-state index in [1.54, 1.807) is 0 Å². The predicted octanol–water partition coefficient (Wildman–Crippen LogP) is 1.45. The molecule has 104 valence electrons. The van der Waals surface area contributed by atoms with E-state index in [4.69, 9.17) is 0 Å². The molecule has 3 rings (SSSR count). The summed E-state index contributed by atoms with van der Waals surface area (Å²) in [6, 6.07) is 4.26. The highest BCUT2D eigenvalue weighted by Crippen LogP contribution is 2.30. The van der Waals surface area contributed by atoms with Gasteiger partial charge in [0.15, 0.2) is 16.6 Å². The highest BCUT2D eigenvalue weighted by Gasteiger charge is 2.18. The topological polar surface area (TPSA) is 94.5 Å². The maximum absolute atomic E-state index is 12.1. The first-order valence-electron chi connectivity index (χ1n) is 6.17. The van der Waals surface area contributed by atoms with Crippen LogP contribution in [0, 0.1) is 0 Å². The normalized spacial score (nSPS) is 13.8. The number of phenols is 2. The molecule has 0 saturated heterocycles. The quantitative estimate of drug-likeness (QED) is 0.628. The Morgan fingerprint density at radius 2 is 2.25 bits per heavy atom. The molecular formula is C13H13N3O3S. The number of anilines is 1. The van der Waals surface area contributed by atoms with Crippen LogP contribution in [0.5, 0.6) is 11.5 Å². The Bertz CT molecular complexity index is 645. The summed E-state index contributed by atoms with van der Waals surface area (Å²) in [4.78, 5) is 17.6. The monoisotopic (exact) mass is 291 g/mol. The average Bonchev–Trinajstić information content (AvgIpc) is 2.83. The number of amides is 1. The smallest absolute Gasteiger partial charge is 0.261 e.